The Balaban J connectivity index is 0.000000243. The molecule has 5 N–H and O–H groups in total. The molecule has 0 aliphatic carbocycles. The molecule has 1 aliphatic rings. The molecule has 0 spiro atoms. The summed E-state index contributed by atoms with van der Waals surface area (Å²) in [4.78, 5) is 53.8. The number of Topliss-reactive ketones (excluding diaryl/α,β-unsaturated/α-hetero) is 1. The largest absolute Gasteiger partial charge is 0.481 e. The molecule has 7 rings (SSSR count). The molecule has 70 heavy (non-hydrogen) atoms. The predicted octanol–water partition coefficient (Wildman–Crippen LogP) is 11.5. The second-order valence-corrected chi connectivity index (χ2v) is 23.8. The number of carboxylic acids is 1. The van der Waals surface area contributed by atoms with Gasteiger partial charge in [0.05, 0.1) is 17.5 Å². The summed E-state index contributed by atoms with van der Waals surface area (Å²) in [6.07, 6.45) is 11.8. The number of aliphatic carboxylic acids is 1. The first-order chi connectivity index (χ1) is 33.5. The third-order valence-corrected chi connectivity index (χ3v) is 17.2. The van der Waals surface area contributed by atoms with Crippen LogP contribution in [0.2, 0.25) is 18.1 Å². The van der Waals surface area contributed by atoms with Gasteiger partial charge in [0, 0.05) is 62.1 Å². The van der Waals surface area contributed by atoms with E-state index in [1.807, 2.05) is 79.0 Å². The van der Waals surface area contributed by atoms with Gasteiger partial charge in [-0.2, -0.15) is 5.06 Å². The quantitative estimate of drug-likeness (QED) is 0.0277. The van der Waals surface area contributed by atoms with Gasteiger partial charge in [-0.05, 0) is 94.9 Å². The third kappa shape index (κ3) is 16.3. The van der Waals surface area contributed by atoms with Gasteiger partial charge in [0.15, 0.2) is 8.32 Å². The van der Waals surface area contributed by atoms with Gasteiger partial charge in [0.1, 0.15) is 5.78 Å². The number of aromatic nitrogens is 2. The van der Waals surface area contributed by atoms with Crippen LogP contribution in [-0.2, 0) is 49.3 Å². The van der Waals surface area contributed by atoms with Crippen LogP contribution in [0.15, 0.2) is 109 Å². The van der Waals surface area contributed by atoms with E-state index in [0.29, 0.717) is 25.9 Å². The number of fused-ring (bicyclic) bond motifs is 2. The van der Waals surface area contributed by atoms with E-state index in [-0.39, 0.29) is 41.8 Å². The number of amides is 2. The number of nitrogens with zero attached hydrogens (tertiary/aromatic N) is 3. The Kier molecular flexibility index (Phi) is 22.7. The summed E-state index contributed by atoms with van der Waals surface area (Å²) in [5.74, 6) is -1.59. The second kappa shape index (κ2) is 28.0. The summed E-state index contributed by atoms with van der Waals surface area (Å²) in [5, 5.41) is 29.5. The van der Waals surface area contributed by atoms with Crippen LogP contribution in [0.5, 0.6) is 0 Å². The first kappa shape index (κ1) is 56.6. The zero-order valence-corrected chi connectivity index (χ0v) is 43.3. The average molecular weight is 971 g/mol. The van der Waals surface area contributed by atoms with Gasteiger partial charge in [-0.1, -0.05) is 151 Å². The number of pyridine rings is 2. The van der Waals surface area contributed by atoms with Crippen molar-refractivity contribution in [3.05, 3.63) is 132 Å². The van der Waals surface area contributed by atoms with Crippen molar-refractivity contribution in [1.82, 2.24) is 15.0 Å². The molecule has 0 radical (unpaired) electrons. The van der Waals surface area contributed by atoms with Gasteiger partial charge >= 0.3 is 5.97 Å². The van der Waals surface area contributed by atoms with Crippen LogP contribution in [0, 0.1) is 0 Å². The molecule has 2 amide bonds. The Bertz CT molecular complexity index is 2620. The molecule has 6 aromatic rings. The van der Waals surface area contributed by atoms with Gasteiger partial charge in [-0.3, -0.25) is 34.4 Å². The normalized spacial score (nSPS) is 12.5. The van der Waals surface area contributed by atoms with E-state index in [2.05, 4.69) is 81.9 Å². The Morgan fingerprint density at radius 2 is 1.17 bits per heavy atom. The summed E-state index contributed by atoms with van der Waals surface area (Å²) in [6, 6.07) is 32.4. The van der Waals surface area contributed by atoms with Crippen molar-refractivity contribution in [3.8, 4) is 22.3 Å². The van der Waals surface area contributed by atoms with E-state index in [1.54, 1.807) is 6.20 Å². The molecule has 4 aromatic carbocycles. The van der Waals surface area contributed by atoms with E-state index in [0.717, 1.165) is 98.5 Å². The minimum atomic E-state index is -1.80. The smallest absolute Gasteiger partial charge is 0.307 e. The number of carbonyl (C=O) groups excluding carboxylic acids is 3. The molecule has 0 atom stereocenters. The summed E-state index contributed by atoms with van der Waals surface area (Å²) < 4.78 is 6.37. The van der Waals surface area contributed by atoms with Crippen molar-refractivity contribution < 1.29 is 39.0 Å². The number of hydroxylamine groups is 2. The number of para-hydroxylation sites is 2. The molecule has 1 fully saturated rings. The molecule has 0 saturated carbocycles. The summed E-state index contributed by atoms with van der Waals surface area (Å²) in [6.45, 7) is 17.1. The van der Waals surface area contributed by atoms with Crippen LogP contribution in [0.3, 0.4) is 0 Å². The number of carbonyl (C=O) groups is 4. The van der Waals surface area contributed by atoms with Crippen LogP contribution >= 0.6 is 0 Å². The molecule has 1 aliphatic heterocycles. The molecule has 0 bridgehead atoms. The fourth-order valence-electron chi connectivity index (χ4n) is 7.77. The van der Waals surface area contributed by atoms with Crippen molar-refractivity contribution >= 4 is 53.7 Å². The SMILES string of the molecule is CC(C)(C)[Si](C)(C)OCCc1cccc2c(-c3ccccc3)c(CC(=O)O)cnc12.CCCCCC(=O)Cc1cnc2c(CCO)cccc2c1-c1ccccc1.CCCCN.O=C1CCC(=O)N1O. The van der Waals surface area contributed by atoms with Crippen LogP contribution in [0.25, 0.3) is 44.1 Å². The van der Waals surface area contributed by atoms with E-state index in [4.69, 9.17) is 15.4 Å². The highest BCUT2D eigenvalue weighted by Crippen LogP contribution is 2.38. The van der Waals surface area contributed by atoms with Crippen molar-refractivity contribution in [1.29, 1.82) is 0 Å². The van der Waals surface area contributed by atoms with Crippen molar-refractivity contribution in [2.45, 2.75) is 130 Å². The summed E-state index contributed by atoms with van der Waals surface area (Å²) in [5.41, 5.74) is 15.0. The van der Waals surface area contributed by atoms with Gasteiger partial charge in [0.2, 0.25) is 0 Å². The van der Waals surface area contributed by atoms with Crippen LogP contribution in [-0.4, -0.2) is 82.1 Å². The molecular formula is C57H74N4O8Si. The first-order valence-electron chi connectivity index (χ1n) is 24.6. The molecule has 2 aromatic heterocycles. The number of ketones is 1. The lowest BCUT2D eigenvalue weighted by atomic mass is 9.92. The zero-order valence-electron chi connectivity index (χ0n) is 42.3. The lowest BCUT2D eigenvalue weighted by Crippen LogP contribution is -2.41. The van der Waals surface area contributed by atoms with Crippen molar-refractivity contribution in [2.75, 3.05) is 19.8 Å². The highest BCUT2D eigenvalue weighted by atomic mass is 28.4. The van der Waals surface area contributed by atoms with Crippen molar-refractivity contribution in [2.24, 2.45) is 5.73 Å². The average Bonchev–Trinajstić information content (AvgIpc) is 3.63. The van der Waals surface area contributed by atoms with E-state index in [1.165, 1.54) is 12.8 Å². The first-order valence-corrected chi connectivity index (χ1v) is 27.5. The standard InChI is InChI=1S/C25H31NO3Si.C24H27NO2.C4H5NO3.C4H11N/c1-25(2,3)30(4,5)29-15-14-19-12-9-13-21-23(18-10-7-6-8-11-18)20(16-22(27)28)17-26-24(19)21;1-2-3-5-12-21(27)16-20-17-25-24-19(14-15-26)11-8-13-22(24)23(20)18-9-6-4-7-10-18;6-3-1-2-4(7)5(3)8;1-2-3-4-5/h6-13,17H,14-16H2,1-5H3,(H,27,28);4,6-11,13,17,26H,2-3,5,12,14-16H2,1H3;8H,1-2H2;2-5H2,1H3. The summed E-state index contributed by atoms with van der Waals surface area (Å²) >= 11 is 0. The molecule has 374 valence electrons. The maximum absolute atomic E-state index is 12.5. The Labute approximate surface area is 415 Å². The Hall–Kier alpha value is -5.96. The number of hydrogen-bond acceptors (Lipinski definition) is 10. The molecule has 1 saturated heterocycles. The highest BCUT2D eigenvalue weighted by Gasteiger charge is 2.37. The lowest BCUT2D eigenvalue weighted by Gasteiger charge is -2.36. The second-order valence-electron chi connectivity index (χ2n) is 19.0. The topological polar surface area (TPSA) is 193 Å². The highest BCUT2D eigenvalue weighted by molar-refractivity contribution is 6.74. The number of carboxylic acid groups (broad SMARTS) is 1. The van der Waals surface area contributed by atoms with Gasteiger partial charge in [-0.25, -0.2) is 0 Å². The van der Waals surface area contributed by atoms with Crippen LogP contribution in [0.4, 0.5) is 0 Å². The maximum atomic E-state index is 12.5. The minimum absolute atomic E-state index is 0.0497. The number of unbranched alkanes of at least 4 members (excludes halogenated alkanes) is 3. The fourth-order valence-corrected chi connectivity index (χ4v) is 8.82. The number of aliphatic hydroxyl groups is 1. The molecular weight excluding hydrogens is 897 g/mol. The van der Waals surface area contributed by atoms with E-state index >= 15 is 0 Å². The molecule has 3 heterocycles. The third-order valence-electron chi connectivity index (χ3n) is 12.6. The maximum Gasteiger partial charge on any atom is 0.307 e. The number of nitrogens with two attached hydrogens (primary N) is 1. The zero-order chi connectivity index (χ0) is 51.3. The van der Waals surface area contributed by atoms with E-state index < -0.39 is 26.1 Å². The van der Waals surface area contributed by atoms with Crippen LogP contribution < -0.4 is 5.73 Å². The fraction of sp³-hybridized carbons (Fsp3) is 0.404. The monoisotopic (exact) mass is 971 g/mol. The number of benzene rings is 4. The predicted molar refractivity (Wildman–Crippen MR) is 283 cm³/mol. The number of rotatable bonds is 18. The number of aliphatic hydroxyl groups excluding tert-OH is 1. The van der Waals surface area contributed by atoms with Gasteiger partial charge in [0.25, 0.3) is 11.8 Å². The van der Waals surface area contributed by atoms with Gasteiger partial charge < -0.3 is 20.4 Å². The molecule has 13 heteroatoms. The number of hydrogen-bond donors (Lipinski definition) is 4. The summed E-state index contributed by atoms with van der Waals surface area (Å²) in [7, 11) is -1.80. The Morgan fingerprint density at radius 1 is 0.686 bits per heavy atom. The Morgan fingerprint density at radius 3 is 1.57 bits per heavy atom. The molecule has 0 unspecified atom stereocenters. The lowest BCUT2D eigenvalue weighted by molar-refractivity contribution is -0.171. The van der Waals surface area contributed by atoms with E-state index in [9.17, 15) is 29.4 Å². The van der Waals surface area contributed by atoms with Gasteiger partial charge in [-0.15, -0.1) is 0 Å². The molecule has 12 nitrogen and oxygen atoms in total. The number of imide groups is 1. The minimum Gasteiger partial charge on any atom is -0.481 e. The van der Waals surface area contributed by atoms with Crippen molar-refractivity contribution in [3.63, 3.8) is 0 Å². The van der Waals surface area contributed by atoms with Crippen LogP contribution in [0.1, 0.15) is 108 Å².